The number of carboxylic acids is 1. The molecule has 2 amide bonds. The number of aliphatic carboxylic acids is 1. The molecule has 0 spiro atoms. The van der Waals surface area contributed by atoms with E-state index in [4.69, 9.17) is 5.11 Å². The third-order valence-electron chi connectivity index (χ3n) is 1.28. The van der Waals surface area contributed by atoms with Crippen LogP contribution in [0.2, 0.25) is 0 Å². The van der Waals surface area contributed by atoms with Gasteiger partial charge in [-0.2, -0.15) is 0 Å². The zero-order valence-corrected chi connectivity index (χ0v) is 10.0. The number of carbonyl (C=O) groups excluding carboxylic acids is 1. The van der Waals surface area contributed by atoms with Crippen molar-refractivity contribution in [2.75, 3.05) is 17.6 Å². The molecule has 0 aliphatic carbocycles. The van der Waals surface area contributed by atoms with E-state index in [-0.39, 0.29) is 11.8 Å². The van der Waals surface area contributed by atoms with Gasteiger partial charge in [0.1, 0.15) is 0 Å². The highest BCUT2D eigenvalue weighted by Crippen LogP contribution is 2.24. The molecule has 88 valence electrons. The summed E-state index contributed by atoms with van der Waals surface area (Å²) in [6.45, 7) is 2.32. The topological polar surface area (TPSA) is 104 Å². The number of rotatable bonds is 5. The molecular weight excluding hydrogens is 252 g/mol. The summed E-state index contributed by atoms with van der Waals surface area (Å²) in [6, 6.07) is -0.353. The Balaban J connectivity index is 2.45. The Hall–Kier alpha value is -1.35. The average Bonchev–Trinajstić information content (AvgIpc) is 2.63. The first-order valence-electron chi connectivity index (χ1n) is 4.34. The number of nitrogens with zero attached hydrogens (tertiary/aromatic N) is 2. The molecule has 1 aromatic rings. The number of hydrogen-bond acceptors (Lipinski definition) is 6. The molecule has 0 saturated heterocycles. The van der Waals surface area contributed by atoms with E-state index >= 15 is 0 Å². The highest BCUT2D eigenvalue weighted by Gasteiger charge is 2.08. The average molecular weight is 262 g/mol. The maximum absolute atomic E-state index is 11.1. The van der Waals surface area contributed by atoms with Crippen LogP contribution in [-0.4, -0.2) is 39.6 Å². The fraction of sp³-hybridized carbons (Fsp3) is 0.429. The van der Waals surface area contributed by atoms with E-state index in [0.29, 0.717) is 16.0 Å². The summed E-state index contributed by atoms with van der Waals surface area (Å²) in [4.78, 5) is 21.4. The van der Waals surface area contributed by atoms with Crippen LogP contribution in [0.15, 0.2) is 4.34 Å². The molecule has 1 heterocycles. The second-order valence-electron chi connectivity index (χ2n) is 2.54. The summed E-state index contributed by atoms with van der Waals surface area (Å²) in [6.07, 6.45) is 0. The molecule has 0 bridgehead atoms. The molecule has 16 heavy (non-hydrogen) atoms. The van der Waals surface area contributed by atoms with E-state index in [1.54, 1.807) is 6.92 Å². The van der Waals surface area contributed by atoms with Crippen molar-refractivity contribution in [3.8, 4) is 0 Å². The van der Waals surface area contributed by atoms with Gasteiger partial charge in [-0.1, -0.05) is 23.1 Å². The van der Waals surface area contributed by atoms with Crippen LogP contribution in [0, 0.1) is 0 Å². The number of urea groups is 1. The van der Waals surface area contributed by atoms with Crippen LogP contribution in [0.4, 0.5) is 9.93 Å². The van der Waals surface area contributed by atoms with Gasteiger partial charge in [0.15, 0.2) is 4.34 Å². The number of anilines is 1. The molecule has 3 N–H and O–H groups in total. The second-order valence-corrected chi connectivity index (χ2v) is 4.74. The molecule has 0 fully saturated rings. The van der Waals surface area contributed by atoms with Gasteiger partial charge in [0.25, 0.3) is 0 Å². The first-order chi connectivity index (χ1) is 7.61. The normalized spacial score (nSPS) is 9.81. The van der Waals surface area contributed by atoms with Crippen molar-refractivity contribution in [3.63, 3.8) is 0 Å². The fourth-order valence-corrected chi connectivity index (χ4v) is 2.21. The van der Waals surface area contributed by atoms with Crippen LogP contribution in [-0.2, 0) is 4.79 Å². The van der Waals surface area contributed by atoms with E-state index < -0.39 is 5.97 Å². The van der Waals surface area contributed by atoms with Gasteiger partial charge in [-0.25, -0.2) is 4.79 Å². The minimum absolute atomic E-state index is 0.0736. The molecule has 1 aromatic heterocycles. The van der Waals surface area contributed by atoms with Gasteiger partial charge in [-0.3, -0.25) is 10.1 Å². The van der Waals surface area contributed by atoms with E-state index in [9.17, 15) is 9.59 Å². The molecule has 0 aliphatic rings. The molecule has 0 saturated carbocycles. The summed E-state index contributed by atoms with van der Waals surface area (Å²) in [5.74, 6) is -0.992. The molecule has 9 heteroatoms. The molecule has 1 rings (SSSR count). The Morgan fingerprint density at radius 1 is 1.50 bits per heavy atom. The number of carbonyl (C=O) groups is 2. The number of carboxylic acid groups (broad SMARTS) is 1. The minimum atomic E-state index is -0.918. The Morgan fingerprint density at radius 3 is 2.88 bits per heavy atom. The number of hydrogen-bond donors (Lipinski definition) is 3. The quantitative estimate of drug-likeness (QED) is 0.537. The van der Waals surface area contributed by atoms with E-state index in [1.165, 1.54) is 0 Å². The lowest BCUT2D eigenvalue weighted by atomic mass is 10.7. The number of amides is 2. The third-order valence-corrected chi connectivity index (χ3v) is 3.24. The van der Waals surface area contributed by atoms with Crippen molar-refractivity contribution < 1.29 is 14.7 Å². The van der Waals surface area contributed by atoms with Crippen LogP contribution in [0.3, 0.4) is 0 Å². The first-order valence-corrected chi connectivity index (χ1v) is 6.15. The van der Waals surface area contributed by atoms with Crippen molar-refractivity contribution in [3.05, 3.63) is 0 Å². The number of thioether (sulfide) groups is 1. The molecule has 0 aliphatic heterocycles. The molecular formula is C7H10N4O3S2. The van der Waals surface area contributed by atoms with Gasteiger partial charge in [-0.05, 0) is 6.92 Å². The van der Waals surface area contributed by atoms with Crippen LogP contribution in [0.1, 0.15) is 6.92 Å². The van der Waals surface area contributed by atoms with E-state index in [1.807, 2.05) is 0 Å². The maximum atomic E-state index is 11.1. The second kappa shape index (κ2) is 6.28. The smallest absolute Gasteiger partial charge is 0.321 e. The Morgan fingerprint density at radius 2 is 2.25 bits per heavy atom. The van der Waals surface area contributed by atoms with Gasteiger partial charge in [-0.15, -0.1) is 10.2 Å². The standard InChI is InChI=1S/C7H10N4O3S2/c1-2-8-5(14)9-6-10-11-7(16-6)15-3-4(12)13/h2-3H2,1H3,(H,12,13)(H2,8,9,10,14). The van der Waals surface area contributed by atoms with E-state index in [2.05, 4.69) is 20.8 Å². The largest absolute Gasteiger partial charge is 0.481 e. The molecule has 7 nitrogen and oxygen atoms in total. The van der Waals surface area contributed by atoms with Gasteiger partial charge in [0.2, 0.25) is 5.13 Å². The summed E-state index contributed by atoms with van der Waals surface area (Å²) in [5, 5.41) is 21.3. The SMILES string of the molecule is CCNC(=O)Nc1nnc(SCC(=O)O)s1. The predicted octanol–water partition coefficient (Wildman–Crippen LogP) is 0.856. The van der Waals surface area contributed by atoms with Gasteiger partial charge >= 0.3 is 12.0 Å². The lowest BCUT2D eigenvalue weighted by molar-refractivity contribution is -0.133. The van der Waals surface area contributed by atoms with Crippen molar-refractivity contribution in [1.82, 2.24) is 15.5 Å². The van der Waals surface area contributed by atoms with Crippen LogP contribution < -0.4 is 10.6 Å². The van der Waals surface area contributed by atoms with Crippen molar-refractivity contribution in [2.24, 2.45) is 0 Å². The summed E-state index contributed by atoms with van der Waals surface area (Å²) in [7, 11) is 0. The zero-order chi connectivity index (χ0) is 12.0. The highest BCUT2D eigenvalue weighted by atomic mass is 32.2. The third kappa shape index (κ3) is 4.45. The van der Waals surface area contributed by atoms with Gasteiger partial charge in [0, 0.05) is 6.54 Å². The van der Waals surface area contributed by atoms with Crippen molar-refractivity contribution >= 4 is 40.2 Å². The Labute approximate surface area is 99.6 Å². The number of aromatic nitrogens is 2. The highest BCUT2D eigenvalue weighted by molar-refractivity contribution is 8.01. The predicted molar refractivity (Wildman–Crippen MR) is 61.0 cm³/mol. The Bertz CT molecular complexity index is 381. The molecule has 0 unspecified atom stereocenters. The summed E-state index contributed by atoms with van der Waals surface area (Å²) in [5.41, 5.74) is 0. The lowest BCUT2D eigenvalue weighted by Crippen LogP contribution is -2.28. The van der Waals surface area contributed by atoms with Crippen molar-refractivity contribution in [1.29, 1.82) is 0 Å². The number of nitrogens with one attached hydrogen (secondary N) is 2. The van der Waals surface area contributed by atoms with Crippen LogP contribution in [0.25, 0.3) is 0 Å². The van der Waals surface area contributed by atoms with Crippen LogP contribution in [0.5, 0.6) is 0 Å². The fourth-order valence-electron chi connectivity index (χ4n) is 0.744. The molecule has 0 radical (unpaired) electrons. The maximum Gasteiger partial charge on any atom is 0.321 e. The Kier molecular flexibility index (Phi) is 4.99. The zero-order valence-electron chi connectivity index (χ0n) is 8.39. The molecule has 0 aromatic carbocycles. The minimum Gasteiger partial charge on any atom is -0.481 e. The van der Waals surface area contributed by atoms with Gasteiger partial charge in [0.05, 0.1) is 5.75 Å². The first kappa shape index (κ1) is 12.7. The molecule has 0 atom stereocenters. The summed E-state index contributed by atoms with van der Waals surface area (Å²) >= 11 is 2.20. The van der Waals surface area contributed by atoms with Gasteiger partial charge < -0.3 is 10.4 Å². The monoisotopic (exact) mass is 262 g/mol. The lowest BCUT2D eigenvalue weighted by Gasteiger charge is -1.99. The summed E-state index contributed by atoms with van der Waals surface area (Å²) < 4.78 is 0.509. The van der Waals surface area contributed by atoms with E-state index in [0.717, 1.165) is 23.1 Å². The van der Waals surface area contributed by atoms with Crippen molar-refractivity contribution in [2.45, 2.75) is 11.3 Å². The van der Waals surface area contributed by atoms with Crippen LogP contribution >= 0.6 is 23.1 Å².